The molecule has 3 N–H and O–H groups in total. The normalized spacial score (nSPS) is 10.9. The molecule has 1 rings (SSSR count). The van der Waals surface area contributed by atoms with Gasteiger partial charge in [-0.05, 0) is 17.7 Å². The molecular weight excluding hydrogens is 254 g/mol. The van der Waals surface area contributed by atoms with Gasteiger partial charge in [0.2, 0.25) is 10.0 Å². The zero-order valence-corrected chi connectivity index (χ0v) is 10.8. The minimum absolute atomic E-state index is 0.117. The Labute approximate surface area is 106 Å². The first kappa shape index (κ1) is 14.4. The van der Waals surface area contributed by atoms with Crippen LogP contribution in [-0.4, -0.2) is 27.8 Å². The van der Waals surface area contributed by atoms with Crippen LogP contribution in [0.4, 0.5) is 0 Å². The number of primary sulfonamides is 1. The first-order chi connectivity index (χ1) is 8.46. The highest BCUT2D eigenvalue weighted by Gasteiger charge is 2.04. The van der Waals surface area contributed by atoms with E-state index in [1.807, 2.05) is 12.1 Å². The van der Waals surface area contributed by atoms with Gasteiger partial charge < -0.3 is 10.1 Å². The Kier molecular flexibility index (Phi) is 5.09. The van der Waals surface area contributed by atoms with E-state index in [4.69, 9.17) is 15.1 Å². The second-order valence-electron chi connectivity index (χ2n) is 3.69. The highest BCUT2D eigenvalue weighted by molar-refractivity contribution is 7.89. The zero-order chi connectivity index (χ0) is 13.6. The number of sulfonamides is 1. The molecule has 0 saturated carbocycles. The summed E-state index contributed by atoms with van der Waals surface area (Å²) in [7, 11) is -1.94. The van der Waals surface area contributed by atoms with Gasteiger partial charge in [0.25, 0.3) is 0 Å². The maximum absolute atomic E-state index is 10.7. The number of nitrogens with zero attached hydrogens (tertiary/aromatic N) is 1. The van der Waals surface area contributed by atoms with Crippen molar-refractivity contribution in [3.63, 3.8) is 0 Å². The lowest BCUT2D eigenvalue weighted by molar-refractivity contribution is 0.413. The molecule has 0 amide bonds. The SMILES string of the molecule is COc1ccc(CNCCS(N)(=O)=O)cc1C#N. The van der Waals surface area contributed by atoms with E-state index >= 15 is 0 Å². The second kappa shape index (κ2) is 6.35. The van der Waals surface area contributed by atoms with E-state index < -0.39 is 10.0 Å². The molecule has 0 bridgehead atoms. The number of benzene rings is 1. The highest BCUT2D eigenvalue weighted by atomic mass is 32.2. The van der Waals surface area contributed by atoms with Crippen LogP contribution in [0.2, 0.25) is 0 Å². The molecule has 6 nitrogen and oxygen atoms in total. The molecule has 7 heteroatoms. The highest BCUT2D eigenvalue weighted by Crippen LogP contribution is 2.18. The summed E-state index contributed by atoms with van der Waals surface area (Å²) in [6.07, 6.45) is 0. The predicted octanol–water partition coefficient (Wildman–Crippen LogP) is -0.0550. The Balaban J connectivity index is 2.56. The molecule has 98 valence electrons. The third kappa shape index (κ3) is 4.71. The second-order valence-corrected chi connectivity index (χ2v) is 5.42. The van der Waals surface area contributed by atoms with Gasteiger partial charge in [0.05, 0.1) is 18.4 Å². The molecule has 1 aromatic rings. The van der Waals surface area contributed by atoms with Crippen LogP contribution in [0.3, 0.4) is 0 Å². The van der Waals surface area contributed by atoms with Crippen LogP contribution in [0.5, 0.6) is 5.75 Å². The summed E-state index contributed by atoms with van der Waals surface area (Å²) >= 11 is 0. The van der Waals surface area contributed by atoms with E-state index in [1.54, 1.807) is 12.1 Å². The van der Waals surface area contributed by atoms with Gasteiger partial charge in [-0.15, -0.1) is 0 Å². The largest absolute Gasteiger partial charge is 0.495 e. The lowest BCUT2D eigenvalue weighted by atomic mass is 10.1. The van der Waals surface area contributed by atoms with Crippen molar-refractivity contribution < 1.29 is 13.2 Å². The quantitative estimate of drug-likeness (QED) is 0.704. The van der Waals surface area contributed by atoms with E-state index in [9.17, 15) is 8.42 Å². The summed E-state index contributed by atoms with van der Waals surface area (Å²) < 4.78 is 26.4. The average Bonchev–Trinajstić information content (AvgIpc) is 2.33. The monoisotopic (exact) mass is 269 g/mol. The standard InChI is InChI=1S/C11H15N3O3S/c1-17-11-3-2-9(6-10(11)7-12)8-14-4-5-18(13,15)16/h2-3,6,14H,4-5,8H2,1H3,(H2,13,15,16). The van der Waals surface area contributed by atoms with Crippen molar-refractivity contribution in [3.8, 4) is 11.8 Å². The Hall–Kier alpha value is -1.62. The first-order valence-electron chi connectivity index (χ1n) is 5.24. The smallest absolute Gasteiger partial charge is 0.210 e. The minimum Gasteiger partial charge on any atom is -0.495 e. The number of nitriles is 1. The molecular formula is C11H15N3O3S. The molecule has 0 fully saturated rings. The number of hydrogen-bond acceptors (Lipinski definition) is 5. The summed E-state index contributed by atoms with van der Waals surface area (Å²) in [6.45, 7) is 0.737. The Morgan fingerprint density at radius 3 is 2.78 bits per heavy atom. The fourth-order valence-electron chi connectivity index (χ4n) is 1.40. The van der Waals surface area contributed by atoms with Crippen LogP contribution in [0.1, 0.15) is 11.1 Å². The molecule has 0 aliphatic heterocycles. The lowest BCUT2D eigenvalue weighted by Gasteiger charge is -2.07. The minimum atomic E-state index is -3.44. The van der Waals surface area contributed by atoms with Gasteiger partial charge >= 0.3 is 0 Å². The van der Waals surface area contributed by atoms with E-state index in [0.717, 1.165) is 5.56 Å². The van der Waals surface area contributed by atoms with Gasteiger partial charge in [-0.25, -0.2) is 13.6 Å². The fraction of sp³-hybridized carbons (Fsp3) is 0.364. The molecule has 0 aliphatic rings. The van der Waals surface area contributed by atoms with E-state index in [1.165, 1.54) is 7.11 Å². The van der Waals surface area contributed by atoms with Gasteiger partial charge in [0.15, 0.2) is 0 Å². The maximum atomic E-state index is 10.7. The molecule has 0 atom stereocenters. The Morgan fingerprint density at radius 2 is 2.22 bits per heavy atom. The van der Waals surface area contributed by atoms with Gasteiger partial charge in [-0.1, -0.05) is 6.07 Å². The molecule has 0 aliphatic carbocycles. The topological polar surface area (TPSA) is 105 Å². The van der Waals surface area contributed by atoms with Gasteiger partial charge in [0, 0.05) is 13.1 Å². The molecule has 0 heterocycles. The third-order valence-electron chi connectivity index (χ3n) is 2.28. The van der Waals surface area contributed by atoms with Gasteiger partial charge in [-0.3, -0.25) is 0 Å². The van der Waals surface area contributed by atoms with Crippen LogP contribution >= 0.6 is 0 Å². The van der Waals surface area contributed by atoms with Crippen molar-refractivity contribution in [2.75, 3.05) is 19.4 Å². The maximum Gasteiger partial charge on any atom is 0.210 e. The third-order valence-corrected chi connectivity index (χ3v) is 3.05. The predicted molar refractivity (Wildman–Crippen MR) is 67.4 cm³/mol. The average molecular weight is 269 g/mol. The summed E-state index contributed by atoms with van der Waals surface area (Å²) in [6, 6.07) is 7.24. The summed E-state index contributed by atoms with van der Waals surface area (Å²) in [5.74, 6) is 0.402. The van der Waals surface area contributed by atoms with E-state index in [2.05, 4.69) is 5.32 Å². The fourth-order valence-corrected chi connectivity index (χ4v) is 1.83. The van der Waals surface area contributed by atoms with Crippen LogP contribution in [0.25, 0.3) is 0 Å². The van der Waals surface area contributed by atoms with Crippen molar-refractivity contribution >= 4 is 10.0 Å². The van der Waals surface area contributed by atoms with Gasteiger partial charge in [0.1, 0.15) is 11.8 Å². The zero-order valence-electron chi connectivity index (χ0n) is 10.0. The molecule has 0 radical (unpaired) electrons. The molecule has 0 spiro atoms. The molecule has 0 saturated heterocycles. The number of rotatable bonds is 6. The van der Waals surface area contributed by atoms with Crippen LogP contribution < -0.4 is 15.2 Å². The van der Waals surface area contributed by atoms with Crippen molar-refractivity contribution in [1.82, 2.24) is 5.32 Å². The van der Waals surface area contributed by atoms with Crippen molar-refractivity contribution in [2.24, 2.45) is 5.14 Å². The Bertz CT molecular complexity index is 549. The number of ether oxygens (including phenoxy) is 1. The van der Waals surface area contributed by atoms with Crippen LogP contribution in [-0.2, 0) is 16.6 Å². The molecule has 18 heavy (non-hydrogen) atoms. The molecule has 1 aromatic carbocycles. The van der Waals surface area contributed by atoms with Crippen molar-refractivity contribution in [1.29, 1.82) is 5.26 Å². The number of nitrogens with two attached hydrogens (primary N) is 1. The van der Waals surface area contributed by atoms with E-state index in [0.29, 0.717) is 17.9 Å². The number of hydrogen-bond donors (Lipinski definition) is 2. The van der Waals surface area contributed by atoms with Crippen molar-refractivity contribution in [2.45, 2.75) is 6.54 Å². The summed E-state index contributed by atoms with van der Waals surface area (Å²) in [5, 5.41) is 16.7. The first-order valence-corrected chi connectivity index (χ1v) is 6.96. The van der Waals surface area contributed by atoms with Crippen LogP contribution in [0.15, 0.2) is 18.2 Å². The van der Waals surface area contributed by atoms with Crippen LogP contribution in [0, 0.1) is 11.3 Å². The van der Waals surface area contributed by atoms with E-state index in [-0.39, 0.29) is 12.3 Å². The summed E-state index contributed by atoms with van der Waals surface area (Å²) in [4.78, 5) is 0. The summed E-state index contributed by atoms with van der Waals surface area (Å²) in [5.41, 5.74) is 1.32. The number of nitrogens with one attached hydrogen (secondary N) is 1. The molecule has 0 aromatic heterocycles. The van der Waals surface area contributed by atoms with Gasteiger partial charge in [-0.2, -0.15) is 5.26 Å². The lowest BCUT2D eigenvalue weighted by Crippen LogP contribution is -2.26. The Morgan fingerprint density at radius 1 is 1.50 bits per heavy atom. The molecule has 0 unspecified atom stereocenters. The van der Waals surface area contributed by atoms with Crippen molar-refractivity contribution in [3.05, 3.63) is 29.3 Å². The number of methoxy groups -OCH3 is 1.